The minimum absolute atomic E-state index is 0.0684. The van der Waals surface area contributed by atoms with E-state index in [9.17, 15) is 16.8 Å². The third-order valence-electron chi connectivity index (χ3n) is 12.2. The Morgan fingerprint density at radius 3 is 1.44 bits per heavy atom. The van der Waals surface area contributed by atoms with E-state index in [0.29, 0.717) is 23.3 Å². The van der Waals surface area contributed by atoms with Crippen LogP contribution in [0.2, 0.25) is 0 Å². The molecule has 0 aliphatic heterocycles. The number of nitrogens with one attached hydrogen (secondary N) is 2. The van der Waals surface area contributed by atoms with Gasteiger partial charge in [0.05, 0.1) is 45.4 Å². The first-order valence-corrected chi connectivity index (χ1v) is 22.3. The fourth-order valence-electron chi connectivity index (χ4n) is 9.35. The predicted molar refractivity (Wildman–Crippen MR) is 197 cm³/mol. The van der Waals surface area contributed by atoms with Gasteiger partial charge in [0.2, 0.25) is 0 Å². The molecule has 0 unspecified atom stereocenters. The molecule has 52 heavy (non-hydrogen) atoms. The minimum atomic E-state index is -2.92. The van der Waals surface area contributed by atoms with Crippen molar-refractivity contribution in [3.8, 4) is 0 Å². The Labute approximate surface area is 302 Å². The zero-order chi connectivity index (χ0) is 35.8. The SMILES string of the molecule is CC[C@@H]1C[C@H](CS(=O)(=O)C2CC2)C[C@@H]1c1nnc2cnc3[nH]ccc3n12.CC[C@H]1C[C@@H](CS(=O)(=O)C2CC2)C[C@H]1c1nnc2cnc3[nH]ccc3n12. The summed E-state index contributed by atoms with van der Waals surface area (Å²) < 4.78 is 53.9. The lowest BCUT2D eigenvalue weighted by atomic mass is 9.93. The highest BCUT2D eigenvalue weighted by Crippen LogP contribution is 2.47. The molecule has 4 saturated carbocycles. The van der Waals surface area contributed by atoms with Crippen LogP contribution in [-0.4, -0.2) is 88.0 Å². The summed E-state index contributed by atoms with van der Waals surface area (Å²) in [5, 5.41) is 17.5. The van der Waals surface area contributed by atoms with Crippen molar-refractivity contribution in [3.63, 3.8) is 0 Å². The third-order valence-corrected chi connectivity index (χ3v) is 17.1. The van der Waals surface area contributed by atoms with Crippen molar-refractivity contribution in [2.75, 3.05) is 11.5 Å². The first kappa shape index (κ1) is 33.9. The fraction of sp³-hybridized carbons (Fsp3) is 0.611. The lowest BCUT2D eigenvalue weighted by Gasteiger charge is -2.16. The molecular weight excluding hydrogens is 701 g/mol. The Hall–Kier alpha value is -3.92. The van der Waals surface area contributed by atoms with Crippen LogP contribution >= 0.6 is 0 Å². The van der Waals surface area contributed by atoms with Gasteiger partial charge < -0.3 is 9.97 Å². The van der Waals surface area contributed by atoms with Crippen LogP contribution in [0.25, 0.3) is 33.6 Å². The first-order chi connectivity index (χ1) is 25.1. The molecule has 0 aromatic carbocycles. The van der Waals surface area contributed by atoms with E-state index in [1.54, 1.807) is 12.4 Å². The van der Waals surface area contributed by atoms with Crippen LogP contribution in [0.5, 0.6) is 0 Å². The molecule has 6 aromatic heterocycles. The molecule has 0 saturated heterocycles. The van der Waals surface area contributed by atoms with Gasteiger partial charge in [-0.05, 0) is 87.2 Å². The van der Waals surface area contributed by atoms with Crippen LogP contribution in [0, 0.1) is 23.7 Å². The van der Waals surface area contributed by atoms with E-state index in [1.807, 2.05) is 24.5 Å². The van der Waals surface area contributed by atoms with E-state index in [1.165, 1.54) is 0 Å². The zero-order valence-electron chi connectivity index (χ0n) is 29.6. The van der Waals surface area contributed by atoms with Crippen LogP contribution in [0.4, 0.5) is 0 Å². The van der Waals surface area contributed by atoms with Gasteiger partial charge in [0.1, 0.15) is 11.6 Å². The molecule has 0 amide bonds. The van der Waals surface area contributed by atoms with Gasteiger partial charge in [-0.1, -0.05) is 26.7 Å². The van der Waals surface area contributed by atoms with Crippen molar-refractivity contribution in [3.05, 3.63) is 48.6 Å². The van der Waals surface area contributed by atoms with E-state index in [4.69, 9.17) is 0 Å². The summed E-state index contributed by atoms with van der Waals surface area (Å²) in [6.07, 6.45) is 16.3. The second-order valence-electron chi connectivity index (χ2n) is 15.7. The van der Waals surface area contributed by atoms with Gasteiger partial charge in [0.15, 0.2) is 42.3 Å². The molecule has 6 heterocycles. The number of aromatic amines is 2. The molecule has 10 rings (SSSR count). The summed E-state index contributed by atoms with van der Waals surface area (Å²) in [7, 11) is -5.84. The van der Waals surface area contributed by atoms with E-state index >= 15 is 0 Å². The number of rotatable bonds is 10. The lowest BCUT2D eigenvalue weighted by Crippen LogP contribution is -2.18. The Bertz CT molecular complexity index is 2300. The maximum atomic E-state index is 12.4. The van der Waals surface area contributed by atoms with Crippen molar-refractivity contribution < 1.29 is 16.8 Å². The molecule has 2 N–H and O–H groups in total. The number of H-pyrrole nitrogens is 2. The van der Waals surface area contributed by atoms with Crippen molar-refractivity contribution in [2.24, 2.45) is 23.7 Å². The second kappa shape index (κ2) is 12.9. The summed E-state index contributed by atoms with van der Waals surface area (Å²) in [5.74, 6) is 4.41. The van der Waals surface area contributed by atoms with Crippen LogP contribution in [0.1, 0.15) is 102 Å². The van der Waals surface area contributed by atoms with Crippen molar-refractivity contribution in [1.82, 2.24) is 49.1 Å². The van der Waals surface area contributed by atoms with Crippen LogP contribution in [0.15, 0.2) is 36.9 Å². The van der Waals surface area contributed by atoms with E-state index < -0.39 is 19.7 Å². The topological polar surface area (TPSA) is 186 Å². The molecule has 276 valence electrons. The Kier molecular flexibility index (Phi) is 8.40. The number of hydrogen-bond donors (Lipinski definition) is 2. The predicted octanol–water partition coefficient (Wildman–Crippen LogP) is 5.41. The number of nitrogens with zero attached hydrogens (tertiary/aromatic N) is 8. The summed E-state index contributed by atoms with van der Waals surface area (Å²) in [6.45, 7) is 4.37. The standard InChI is InChI=1S/2C18H23N5O2S/c2*1-2-12-7-11(10-26(24,25)13-3-4-13)8-14(12)18-22-21-16-9-20-17-15(23(16)18)5-6-19-17/h2*5-6,9,11-14,19H,2-4,7-8,10H2,1H3/t2*11-,12+,14-/m10/s1. The number of sulfone groups is 2. The van der Waals surface area contributed by atoms with E-state index in [-0.39, 0.29) is 34.2 Å². The highest BCUT2D eigenvalue weighted by atomic mass is 32.2. The molecule has 16 heteroatoms. The molecular formula is C36H46N10O4S2. The van der Waals surface area contributed by atoms with Gasteiger partial charge >= 0.3 is 0 Å². The molecule has 0 radical (unpaired) electrons. The van der Waals surface area contributed by atoms with Crippen molar-refractivity contribution in [2.45, 2.75) is 100 Å². The van der Waals surface area contributed by atoms with Gasteiger partial charge in [-0.2, -0.15) is 0 Å². The minimum Gasteiger partial charge on any atom is -0.345 e. The average molecular weight is 747 g/mol. The quantitative estimate of drug-likeness (QED) is 0.184. The van der Waals surface area contributed by atoms with Gasteiger partial charge in [-0.3, -0.25) is 8.80 Å². The maximum absolute atomic E-state index is 12.4. The molecule has 6 atom stereocenters. The highest BCUT2D eigenvalue weighted by Gasteiger charge is 2.44. The first-order valence-electron chi connectivity index (χ1n) is 18.9. The van der Waals surface area contributed by atoms with Gasteiger partial charge in [-0.25, -0.2) is 26.8 Å². The van der Waals surface area contributed by atoms with Crippen molar-refractivity contribution >= 4 is 53.3 Å². The van der Waals surface area contributed by atoms with Crippen LogP contribution < -0.4 is 0 Å². The van der Waals surface area contributed by atoms with Crippen LogP contribution in [0.3, 0.4) is 0 Å². The largest absolute Gasteiger partial charge is 0.345 e. The molecule has 6 aromatic rings. The smallest absolute Gasteiger partial charge is 0.179 e. The highest BCUT2D eigenvalue weighted by molar-refractivity contribution is 7.92. The van der Waals surface area contributed by atoms with Crippen LogP contribution in [-0.2, 0) is 19.7 Å². The van der Waals surface area contributed by atoms with Crippen molar-refractivity contribution in [1.29, 1.82) is 0 Å². The Morgan fingerprint density at radius 1 is 0.635 bits per heavy atom. The number of fused-ring (bicyclic) bond motifs is 6. The van der Waals surface area contributed by atoms with E-state index in [0.717, 1.165) is 109 Å². The van der Waals surface area contributed by atoms with Gasteiger partial charge in [0, 0.05) is 24.2 Å². The fourth-order valence-corrected chi connectivity index (χ4v) is 13.5. The summed E-state index contributed by atoms with van der Waals surface area (Å²) in [4.78, 5) is 15.0. The normalized spacial score (nSPS) is 26.9. The zero-order valence-corrected chi connectivity index (χ0v) is 31.2. The number of aromatic nitrogens is 10. The molecule has 4 aliphatic rings. The lowest BCUT2D eigenvalue weighted by molar-refractivity contribution is 0.447. The molecule has 0 spiro atoms. The Morgan fingerprint density at radius 2 is 1.06 bits per heavy atom. The van der Waals surface area contributed by atoms with E-state index in [2.05, 4.69) is 63.0 Å². The maximum Gasteiger partial charge on any atom is 0.179 e. The molecule has 4 aliphatic carbocycles. The second-order valence-corrected chi connectivity index (χ2v) is 20.4. The Balaban J connectivity index is 0.000000138. The molecule has 0 bridgehead atoms. The molecule has 4 fully saturated rings. The van der Waals surface area contributed by atoms with Gasteiger partial charge in [0.25, 0.3) is 0 Å². The molecule has 14 nitrogen and oxygen atoms in total. The van der Waals surface area contributed by atoms with Gasteiger partial charge in [-0.15, -0.1) is 20.4 Å². The average Bonchev–Trinajstić information content (AvgIpc) is 3.75. The summed E-state index contributed by atoms with van der Waals surface area (Å²) in [6, 6.07) is 3.99. The monoisotopic (exact) mass is 746 g/mol. The summed E-state index contributed by atoms with van der Waals surface area (Å²) >= 11 is 0. The third kappa shape index (κ3) is 6.08. The number of hydrogen-bond acceptors (Lipinski definition) is 10. The summed E-state index contributed by atoms with van der Waals surface area (Å²) in [5.41, 5.74) is 5.08.